The molecular formula is C9H8BrNO2. The zero-order chi connectivity index (χ0) is 9.42. The zero-order valence-corrected chi connectivity index (χ0v) is 8.34. The second kappa shape index (κ2) is 3.12. The Morgan fingerprint density at radius 3 is 3.08 bits per heavy atom. The summed E-state index contributed by atoms with van der Waals surface area (Å²) in [6.07, 6.45) is 0. The zero-order valence-electron chi connectivity index (χ0n) is 6.75. The van der Waals surface area contributed by atoms with E-state index in [1.165, 1.54) is 0 Å². The van der Waals surface area contributed by atoms with E-state index in [1.54, 1.807) is 0 Å². The molecule has 3 nitrogen and oxygen atoms in total. The molecule has 4 heteroatoms. The van der Waals surface area contributed by atoms with Gasteiger partial charge in [0.1, 0.15) is 6.04 Å². The van der Waals surface area contributed by atoms with Gasteiger partial charge in [0.05, 0.1) is 0 Å². The van der Waals surface area contributed by atoms with Crippen LogP contribution in [0.25, 0.3) is 0 Å². The van der Waals surface area contributed by atoms with Crippen LogP contribution in [-0.4, -0.2) is 11.1 Å². The van der Waals surface area contributed by atoms with E-state index in [1.807, 2.05) is 18.2 Å². The second-order valence-electron chi connectivity index (χ2n) is 3.00. The van der Waals surface area contributed by atoms with Gasteiger partial charge in [0.2, 0.25) is 0 Å². The Morgan fingerprint density at radius 1 is 1.62 bits per heavy atom. The third-order valence-electron chi connectivity index (χ3n) is 2.16. The van der Waals surface area contributed by atoms with Gasteiger partial charge < -0.3 is 5.11 Å². The van der Waals surface area contributed by atoms with E-state index >= 15 is 0 Å². The Bertz CT molecular complexity index is 365. The van der Waals surface area contributed by atoms with Crippen molar-refractivity contribution in [1.29, 1.82) is 0 Å². The van der Waals surface area contributed by atoms with E-state index in [9.17, 15) is 4.79 Å². The van der Waals surface area contributed by atoms with Crippen molar-refractivity contribution in [3.05, 3.63) is 33.8 Å². The fraction of sp³-hybridized carbons (Fsp3) is 0.222. The number of aliphatic carboxylic acids is 1. The van der Waals surface area contributed by atoms with Crippen molar-refractivity contribution in [2.45, 2.75) is 12.6 Å². The predicted octanol–water partition coefficient (Wildman–Crippen LogP) is 1.68. The summed E-state index contributed by atoms with van der Waals surface area (Å²) < 4.78 is 0.918. The van der Waals surface area contributed by atoms with Gasteiger partial charge in [0, 0.05) is 11.0 Å². The molecular weight excluding hydrogens is 234 g/mol. The topological polar surface area (TPSA) is 49.3 Å². The van der Waals surface area contributed by atoms with E-state index in [2.05, 4.69) is 21.2 Å². The molecule has 2 N–H and O–H groups in total. The van der Waals surface area contributed by atoms with Crippen LogP contribution in [0.3, 0.4) is 0 Å². The van der Waals surface area contributed by atoms with E-state index in [0.717, 1.165) is 15.6 Å². The van der Waals surface area contributed by atoms with E-state index in [-0.39, 0.29) is 0 Å². The first-order chi connectivity index (χ1) is 6.18. The fourth-order valence-corrected chi connectivity index (χ4v) is 1.92. The van der Waals surface area contributed by atoms with E-state index in [4.69, 9.17) is 5.11 Å². The first-order valence-electron chi connectivity index (χ1n) is 3.93. The van der Waals surface area contributed by atoms with Crippen molar-refractivity contribution in [3.8, 4) is 0 Å². The maximum atomic E-state index is 10.8. The van der Waals surface area contributed by atoms with Crippen LogP contribution >= 0.6 is 15.9 Å². The van der Waals surface area contributed by atoms with Crippen LogP contribution in [0.2, 0.25) is 0 Å². The molecule has 2 rings (SSSR count). The van der Waals surface area contributed by atoms with E-state index in [0.29, 0.717) is 6.54 Å². The Balaban J connectivity index is 2.46. The van der Waals surface area contributed by atoms with Gasteiger partial charge in [-0.3, -0.25) is 10.1 Å². The number of fused-ring (bicyclic) bond motifs is 1. The lowest BCUT2D eigenvalue weighted by Crippen LogP contribution is -2.21. The smallest absolute Gasteiger partial charge is 0.325 e. The Morgan fingerprint density at radius 2 is 2.38 bits per heavy atom. The van der Waals surface area contributed by atoms with E-state index < -0.39 is 12.0 Å². The van der Waals surface area contributed by atoms with Crippen LogP contribution in [0.5, 0.6) is 0 Å². The largest absolute Gasteiger partial charge is 0.480 e. The summed E-state index contributed by atoms with van der Waals surface area (Å²) in [5, 5.41) is 11.8. The van der Waals surface area contributed by atoms with Crippen LogP contribution in [0.4, 0.5) is 0 Å². The Hall–Kier alpha value is -0.870. The molecule has 1 aliphatic heterocycles. The fourth-order valence-electron chi connectivity index (χ4n) is 1.54. The van der Waals surface area contributed by atoms with Crippen molar-refractivity contribution in [3.63, 3.8) is 0 Å². The third kappa shape index (κ3) is 1.47. The highest BCUT2D eigenvalue weighted by Gasteiger charge is 2.27. The molecule has 1 atom stereocenters. The molecule has 1 aliphatic rings. The predicted molar refractivity (Wildman–Crippen MR) is 51.4 cm³/mol. The first-order valence-corrected chi connectivity index (χ1v) is 4.72. The molecule has 13 heavy (non-hydrogen) atoms. The minimum Gasteiger partial charge on any atom is -0.480 e. The van der Waals surface area contributed by atoms with Crippen LogP contribution < -0.4 is 5.32 Å². The number of hydrogen-bond acceptors (Lipinski definition) is 2. The summed E-state index contributed by atoms with van der Waals surface area (Å²) >= 11 is 3.32. The summed E-state index contributed by atoms with van der Waals surface area (Å²) in [6.45, 7) is 0.638. The second-order valence-corrected chi connectivity index (χ2v) is 3.91. The van der Waals surface area contributed by atoms with Gasteiger partial charge in [0.15, 0.2) is 0 Å². The van der Waals surface area contributed by atoms with Crippen molar-refractivity contribution in [2.24, 2.45) is 0 Å². The number of halogens is 1. The third-order valence-corrected chi connectivity index (χ3v) is 2.66. The maximum absolute atomic E-state index is 10.8. The minimum atomic E-state index is -0.822. The molecule has 1 aromatic rings. The van der Waals surface area contributed by atoms with Gasteiger partial charge in [-0.25, -0.2) is 0 Å². The highest BCUT2D eigenvalue weighted by Crippen LogP contribution is 2.28. The van der Waals surface area contributed by atoms with Crippen molar-refractivity contribution in [2.75, 3.05) is 0 Å². The molecule has 1 aromatic carbocycles. The molecule has 1 unspecified atom stereocenters. The lowest BCUT2D eigenvalue weighted by molar-refractivity contribution is -0.139. The number of carbonyl (C=O) groups is 1. The molecule has 0 fully saturated rings. The van der Waals surface area contributed by atoms with Gasteiger partial charge in [-0.1, -0.05) is 22.0 Å². The number of carboxylic acid groups (broad SMARTS) is 1. The lowest BCUT2D eigenvalue weighted by atomic mass is 10.1. The van der Waals surface area contributed by atoms with Gasteiger partial charge in [-0.05, 0) is 23.3 Å². The quantitative estimate of drug-likeness (QED) is 0.787. The van der Waals surface area contributed by atoms with Crippen LogP contribution in [0.1, 0.15) is 17.2 Å². The minimum absolute atomic E-state index is 0.549. The number of rotatable bonds is 1. The summed E-state index contributed by atoms with van der Waals surface area (Å²) in [5.74, 6) is -0.822. The van der Waals surface area contributed by atoms with Crippen molar-refractivity contribution < 1.29 is 9.90 Å². The summed E-state index contributed by atoms with van der Waals surface area (Å²) in [7, 11) is 0. The van der Waals surface area contributed by atoms with Crippen LogP contribution in [0, 0.1) is 0 Å². The molecule has 0 radical (unpaired) electrons. The van der Waals surface area contributed by atoms with Crippen LogP contribution in [-0.2, 0) is 11.3 Å². The van der Waals surface area contributed by atoms with Crippen LogP contribution in [0.15, 0.2) is 22.7 Å². The molecule has 0 spiro atoms. The molecule has 0 amide bonds. The van der Waals surface area contributed by atoms with Gasteiger partial charge in [-0.15, -0.1) is 0 Å². The van der Waals surface area contributed by atoms with Crippen molar-refractivity contribution >= 4 is 21.9 Å². The Labute approximate surface area is 83.9 Å². The maximum Gasteiger partial charge on any atom is 0.325 e. The highest BCUT2D eigenvalue weighted by atomic mass is 79.9. The van der Waals surface area contributed by atoms with Gasteiger partial charge >= 0.3 is 5.97 Å². The number of nitrogens with one attached hydrogen (secondary N) is 1. The molecule has 0 saturated carbocycles. The van der Waals surface area contributed by atoms with Gasteiger partial charge in [-0.2, -0.15) is 0 Å². The summed E-state index contributed by atoms with van der Waals surface area (Å²) in [6, 6.07) is 5.17. The SMILES string of the molecule is O=C(O)C1NCc2ccc(Br)cc21. The number of benzene rings is 1. The average molecular weight is 242 g/mol. The van der Waals surface area contributed by atoms with Gasteiger partial charge in [0.25, 0.3) is 0 Å². The van der Waals surface area contributed by atoms with Crippen molar-refractivity contribution in [1.82, 2.24) is 5.32 Å². The first kappa shape index (κ1) is 8.72. The molecule has 68 valence electrons. The number of carboxylic acids is 1. The molecule has 1 heterocycles. The standard InChI is InChI=1S/C9H8BrNO2/c10-6-2-1-5-4-11-8(9(12)13)7(5)3-6/h1-3,8,11H,4H2,(H,12,13). The molecule has 0 aliphatic carbocycles. The summed E-state index contributed by atoms with van der Waals surface area (Å²) in [5.41, 5.74) is 1.93. The molecule has 0 bridgehead atoms. The lowest BCUT2D eigenvalue weighted by Gasteiger charge is -2.05. The monoisotopic (exact) mass is 241 g/mol. The average Bonchev–Trinajstić information content (AvgIpc) is 2.46. The molecule has 0 saturated heterocycles. The number of hydrogen-bond donors (Lipinski definition) is 2. The Kier molecular flexibility index (Phi) is 2.09. The summed E-state index contributed by atoms with van der Waals surface area (Å²) in [4.78, 5) is 10.8. The molecule has 0 aromatic heterocycles. The highest BCUT2D eigenvalue weighted by molar-refractivity contribution is 9.10. The normalized spacial score (nSPS) is 19.9.